The highest BCUT2D eigenvalue weighted by Crippen LogP contribution is 2.18. The van der Waals surface area contributed by atoms with Gasteiger partial charge in [-0.2, -0.15) is 0 Å². The van der Waals surface area contributed by atoms with Crippen molar-refractivity contribution in [2.45, 2.75) is 20.3 Å². The number of nitrogens with one attached hydrogen (secondary N) is 3. The molecule has 0 atom stereocenters. The predicted molar refractivity (Wildman–Crippen MR) is 113 cm³/mol. The molecule has 0 aliphatic heterocycles. The van der Waals surface area contributed by atoms with Crippen molar-refractivity contribution >= 4 is 23.2 Å². The van der Waals surface area contributed by atoms with Crippen LogP contribution in [0, 0.1) is 0 Å². The molecule has 0 aromatic heterocycles. The molecule has 3 N–H and O–H groups in total. The van der Waals surface area contributed by atoms with Gasteiger partial charge in [0.1, 0.15) is 12.4 Å². The molecule has 0 radical (unpaired) electrons. The molecule has 2 aromatic carbocycles. The van der Waals surface area contributed by atoms with E-state index < -0.39 is 0 Å². The second-order valence-corrected chi connectivity index (χ2v) is 6.51. The molecular weight excluding hydrogens is 354 g/mol. The Labute approximate surface area is 166 Å². The average Bonchev–Trinajstić information content (AvgIpc) is 2.69. The first kappa shape index (κ1) is 21.0. The maximum Gasteiger partial charge on any atom is 0.251 e. The van der Waals surface area contributed by atoms with E-state index in [2.05, 4.69) is 22.5 Å². The highest BCUT2D eigenvalue weighted by molar-refractivity contribution is 5.95. The molecule has 0 saturated carbocycles. The number of amides is 2. The largest absolute Gasteiger partial charge is 0.489 e. The zero-order valence-electron chi connectivity index (χ0n) is 16.4. The molecule has 0 unspecified atom stereocenters. The lowest BCUT2D eigenvalue weighted by molar-refractivity contribution is -0.114. The van der Waals surface area contributed by atoms with Gasteiger partial charge in [-0.3, -0.25) is 9.59 Å². The van der Waals surface area contributed by atoms with Gasteiger partial charge in [-0.15, -0.1) is 0 Å². The van der Waals surface area contributed by atoms with Crippen LogP contribution in [0.15, 0.2) is 60.7 Å². The summed E-state index contributed by atoms with van der Waals surface area (Å²) in [5, 5.41) is 8.69. The second-order valence-electron chi connectivity index (χ2n) is 6.51. The smallest absolute Gasteiger partial charge is 0.251 e. The van der Waals surface area contributed by atoms with Crippen molar-refractivity contribution in [2.24, 2.45) is 0 Å². The molecule has 0 aliphatic rings. The molecule has 28 heavy (non-hydrogen) atoms. The lowest BCUT2D eigenvalue weighted by Crippen LogP contribution is -2.24. The van der Waals surface area contributed by atoms with Crippen LogP contribution in [-0.4, -0.2) is 31.5 Å². The Morgan fingerprint density at radius 1 is 1.07 bits per heavy atom. The van der Waals surface area contributed by atoms with Crippen molar-refractivity contribution in [1.82, 2.24) is 5.32 Å². The first-order chi connectivity index (χ1) is 13.5. The summed E-state index contributed by atoms with van der Waals surface area (Å²) in [4.78, 5) is 24.0. The van der Waals surface area contributed by atoms with Crippen LogP contribution in [0.2, 0.25) is 0 Å². The van der Waals surface area contributed by atoms with Gasteiger partial charge in [-0.05, 0) is 55.3 Å². The van der Waals surface area contributed by atoms with E-state index >= 15 is 0 Å². The topological polar surface area (TPSA) is 79.5 Å². The SMILES string of the molecule is C=C(C)COc1cccc(NC(=O)CNc2ccc(C(=O)NCCC)cc2)c1. The Hall–Kier alpha value is -3.28. The molecule has 0 saturated heterocycles. The van der Waals surface area contributed by atoms with Gasteiger partial charge in [0.2, 0.25) is 5.91 Å². The van der Waals surface area contributed by atoms with Crippen LogP contribution in [0.25, 0.3) is 0 Å². The summed E-state index contributed by atoms with van der Waals surface area (Å²) in [6.07, 6.45) is 0.892. The summed E-state index contributed by atoms with van der Waals surface area (Å²) < 4.78 is 5.57. The minimum Gasteiger partial charge on any atom is -0.489 e. The van der Waals surface area contributed by atoms with Gasteiger partial charge in [0.05, 0.1) is 6.54 Å². The number of benzene rings is 2. The third kappa shape index (κ3) is 7.15. The van der Waals surface area contributed by atoms with E-state index in [1.54, 1.807) is 36.4 Å². The zero-order valence-corrected chi connectivity index (χ0v) is 16.4. The summed E-state index contributed by atoms with van der Waals surface area (Å²) in [6, 6.07) is 14.2. The van der Waals surface area contributed by atoms with Crippen LogP contribution < -0.4 is 20.7 Å². The van der Waals surface area contributed by atoms with E-state index in [4.69, 9.17) is 4.74 Å². The lowest BCUT2D eigenvalue weighted by atomic mass is 10.2. The summed E-state index contributed by atoms with van der Waals surface area (Å²) in [5.41, 5.74) is 2.94. The summed E-state index contributed by atoms with van der Waals surface area (Å²) >= 11 is 0. The third-order valence-electron chi connectivity index (χ3n) is 3.74. The highest BCUT2D eigenvalue weighted by atomic mass is 16.5. The fourth-order valence-electron chi connectivity index (χ4n) is 2.34. The second kappa shape index (κ2) is 10.8. The van der Waals surface area contributed by atoms with Crippen molar-refractivity contribution in [3.63, 3.8) is 0 Å². The number of carbonyl (C=O) groups is 2. The molecule has 0 bridgehead atoms. The first-order valence-electron chi connectivity index (χ1n) is 9.27. The van der Waals surface area contributed by atoms with Crippen LogP contribution >= 0.6 is 0 Å². The number of rotatable bonds is 10. The number of ether oxygens (including phenoxy) is 1. The van der Waals surface area contributed by atoms with Gasteiger partial charge in [0.15, 0.2) is 0 Å². The van der Waals surface area contributed by atoms with Gasteiger partial charge >= 0.3 is 0 Å². The fraction of sp³-hybridized carbons (Fsp3) is 0.273. The number of carbonyl (C=O) groups excluding carboxylic acids is 2. The van der Waals surface area contributed by atoms with Crippen LogP contribution in [-0.2, 0) is 4.79 Å². The van der Waals surface area contributed by atoms with Gasteiger partial charge in [0.25, 0.3) is 5.91 Å². The molecule has 2 aromatic rings. The van der Waals surface area contributed by atoms with E-state index in [1.807, 2.05) is 26.0 Å². The summed E-state index contributed by atoms with van der Waals surface area (Å²) in [5.74, 6) is 0.396. The van der Waals surface area contributed by atoms with E-state index in [1.165, 1.54) is 0 Å². The summed E-state index contributed by atoms with van der Waals surface area (Å²) in [7, 11) is 0. The van der Waals surface area contributed by atoms with Gasteiger partial charge < -0.3 is 20.7 Å². The van der Waals surface area contributed by atoms with Gasteiger partial charge in [-0.1, -0.05) is 19.6 Å². The van der Waals surface area contributed by atoms with Crippen molar-refractivity contribution in [3.05, 3.63) is 66.2 Å². The molecule has 148 valence electrons. The van der Waals surface area contributed by atoms with Crippen LogP contribution in [0.5, 0.6) is 5.75 Å². The number of anilines is 2. The molecular formula is C22H27N3O3. The number of hydrogen-bond acceptors (Lipinski definition) is 4. The lowest BCUT2D eigenvalue weighted by Gasteiger charge is -2.10. The molecule has 0 aliphatic carbocycles. The first-order valence-corrected chi connectivity index (χ1v) is 9.27. The fourth-order valence-corrected chi connectivity index (χ4v) is 2.34. The van der Waals surface area contributed by atoms with Crippen LogP contribution in [0.3, 0.4) is 0 Å². The van der Waals surface area contributed by atoms with Crippen LogP contribution in [0.1, 0.15) is 30.6 Å². The highest BCUT2D eigenvalue weighted by Gasteiger charge is 2.06. The van der Waals surface area contributed by atoms with Crippen LogP contribution in [0.4, 0.5) is 11.4 Å². The van der Waals surface area contributed by atoms with Crippen molar-refractivity contribution in [2.75, 3.05) is 30.3 Å². The Kier molecular flexibility index (Phi) is 8.09. The summed E-state index contributed by atoms with van der Waals surface area (Å²) in [6.45, 7) is 8.89. The van der Waals surface area contributed by atoms with E-state index in [-0.39, 0.29) is 18.4 Å². The Balaban J connectivity index is 1.83. The molecule has 0 spiro atoms. The molecule has 6 nitrogen and oxygen atoms in total. The Morgan fingerprint density at radius 3 is 2.50 bits per heavy atom. The molecule has 2 rings (SSSR count). The molecule has 6 heteroatoms. The minimum absolute atomic E-state index is 0.0973. The third-order valence-corrected chi connectivity index (χ3v) is 3.74. The van der Waals surface area contributed by atoms with E-state index in [9.17, 15) is 9.59 Å². The van der Waals surface area contributed by atoms with E-state index in [0.29, 0.717) is 30.2 Å². The van der Waals surface area contributed by atoms with Crippen molar-refractivity contribution < 1.29 is 14.3 Å². The monoisotopic (exact) mass is 381 g/mol. The standard InChI is InChI=1S/C22H27N3O3/c1-4-12-23-22(27)17-8-10-18(11-9-17)24-14-21(26)25-19-6-5-7-20(13-19)28-15-16(2)3/h5-11,13,24H,2,4,12,14-15H2,1,3H3,(H,23,27)(H,25,26). The normalized spacial score (nSPS) is 10.1. The van der Waals surface area contributed by atoms with Gasteiger partial charge in [-0.25, -0.2) is 0 Å². The van der Waals surface area contributed by atoms with E-state index in [0.717, 1.165) is 17.7 Å². The Bertz CT molecular complexity index is 816. The van der Waals surface area contributed by atoms with Crippen molar-refractivity contribution in [1.29, 1.82) is 0 Å². The zero-order chi connectivity index (χ0) is 20.4. The molecule has 0 fully saturated rings. The average molecular weight is 381 g/mol. The predicted octanol–water partition coefficient (Wildman–Crippen LogP) is 3.83. The molecule has 2 amide bonds. The van der Waals surface area contributed by atoms with Crippen molar-refractivity contribution in [3.8, 4) is 5.75 Å². The minimum atomic E-state index is -0.179. The van der Waals surface area contributed by atoms with Gasteiger partial charge in [0, 0.05) is 29.5 Å². The maximum absolute atomic E-state index is 12.2. The number of hydrogen-bond donors (Lipinski definition) is 3. The maximum atomic E-state index is 12.2. The molecule has 0 heterocycles. The quantitative estimate of drug-likeness (QED) is 0.547. The Morgan fingerprint density at radius 2 is 1.82 bits per heavy atom.